The van der Waals surface area contributed by atoms with Crippen LogP contribution in [0.4, 0.5) is 0 Å². The molecule has 70 valence electrons. The maximum Gasteiger partial charge on any atom is 0.213 e. The molecule has 3 nitrogen and oxygen atoms in total. The lowest BCUT2D eigenvalue weighted by Crippen LogP contribution is -2.10. The third-order valence-corrected chi connectivity index (χ3v) is 2.12. The maximum atomic E-state index is 5.68. The van der Waals surface area contributed by atoms with Crippen LogP contribution in [0.15, 0.2) is 18.3 Å². The molecule has 0 bridgehead atoms. The van der Waals surface area contributed by atoms with Crippen molar-refractivity contribution in [2.45, 2.75) is 0 Å². The number of nitrogens with zero attached hydrogens (tertiary/aromatic N) is 2. The van der Waals surface area contributed by atoms with Gasteiger partial charge in [-0.25, -0.2) is 4.98 Å². The van der Waals surface area contributed by atoms with E-state index in [2.05, 4.69) is 9.88 Å². The second-order valence-electron chi connectivity index (χ2n) is 3.00. The van der Waals surface area contributed by atoms with E-state index >= 15 is 0 Å². The van der Waals surface area contributed by atoms with Gasteiger partial charge in [-0.15, -0.1) is 0 Å². The molecule has 0 atom stereocenters. The van der Waals surface area contributed by atoms with Crippen molar-refractivity contribution in [3.63, 3.8) is 0 Å². The van der Waals surface area contributed by atoms with Gasteiger partial charge < -0.3 is 4.74 Å². The minimum Gasteiger partial charge on any atom is -0.476 e. The summed E-state index contributed by atoms with van der Waals surface area (Å²) in [6.45, 7) is 4.10. The van der Waals surface area contributed by atoms with E-state index in [9.17, 15) is 0 Å². The number of rotatable bonds is 4. The molecule has 1 aliphatic heterocycles. The van der Waals surface area contributed by atoms with Crippen LogP contribution in [0.2, 0.25) is 5.02 Å². The van der Waals surface area contributed by atoms with Crippen molar-refractivity contribution in [1.82, 2.24) is 9.88 Å². The molecule has 0 unspecified atom stereocenters. The highest BCUT2D eigenvalue weighted by atomic mass is 35.5. The number of halogens is 1. The molecule has 0 aromatic carbocycles. The molecular weight excluding hydrogens is 188 g/mol. The lowest BCUT2D eigenvalue weighted by Gasteiger charge is -2.04. The molecule has 1 aromatic heterocycles. The number of ether oxygens (including phenoxy) is 1. The van der Waals surface area contributed by atoms with Crippen molar-refractivity contribution in [3.8, 4) is 5.88 Å². The van der Waals surface area contributed by atoms with E-state index in [0.717, 1.165) is 6.54 Å². The average Bonchev–Trinajstić information content (AvgIpc) is 2.92. The Morgan fingerprint density at radius 3 is 2.92 bits per heavy atom. The van der Waals surface area contributed by atoms with Crippen LogP contribution in [-0.4, -0.2) is 36.1 Å². The summed E-state index contributed by atoms with van der Waals surface area (Å²) in [7, 11) is 0. The monoisotopic (exact) mass is 198 g/mol. The summed E-state index contributed by atoms with van der Waals surface area (Å²) >= 11 is 5.68. The largest absolute Gasteiger partial charge is 0.476 e. The van der Waals surface area contributed by atoms with Crippen LogP contribution in [-0.2, 0) is 0 Å². The zero-order chi connectivity index (χ0) is 9.10. The molecule has 2 heterocycles. The van der Waals surface area contributed by atoms with E-state index in [4.69, 9.17) is 16.3 Å². The Morgan fingerprint density at radius 1 is 1.46 bits per heavy atom. The van der Waals surface area contributed by atoms with E-state index in [-0.39, 0.29) is 0 Å². The van der Waals surface area contributed by atoms with Crippen LogP contribution >= 0.6 is 11.6 Å². The summed E-state index contributed by atoms with van der Waals surface area (Å²) in [4.78, 5) is 6.32. The summed E-state index contributed by atoms with van der Waals surface area (Å²) in [5, 5.41) is 0.637. The van der Waals surface area contributed by atoms with Crippen LogP contribution in [0, 0.1) is 0 Å². The number of aromatic nitrogens is 1. The Balaban J connectivity index is 1.76. The van der Waals surface area contributed by atoms with Crippen LogP contribution in [0.25, 0.3) is 0 Å². The molecule has 0 N–H and O–H groups in total. The smallest absolute Gasteiger partial charge is 0.213 e. The van der Waals surface area contributed by atoms with E-state index in [1.165, 1.54) is 13.1 Å². The quantitative estimate of drug-likeness (QED) is 0.685. The van der Waals surface area contributed by atoms with Crippen molar-refractivity contribution >= 4 is 11.6 Å². The van der Waals surface area contributed by atoms with Gasteiger partial charge in [0.2, 0.25) is 5.88 Å². The zero-order valence-electron chi connectivity index (χ0n) is 7.24. The molecule has 0 radical (unpaired) electrons. The molecule has 0 spiro atoms. The summed E-state index contributed by atoms with van der Waals surface area (Å²) in [6, 6.07) is 3.56. The van der Waals surface area contributed by atoms with Gasteiger partial charge in [-0.1, -0.05) is 11.6 Å². The third-order valence-electron chi connectivity index (χ3n) is 1.90. The fourth-order valence-corrected chi connectivity index (χ4v) is 1.13. The fraction of sp³-hybridized carbons (Fsp3) is 0.444. The van der Waals surface area contributed by atoms with Crippen LogP contribution < -0.4 is 4.74 Å². The zero-order valence-corrected chi connectivity index (χ0v) is 8.00. The SMILES string of the molecule is Clc1ccc(OCCN2CC2)nc1. The highest BCUT2D eigenvalue weighted by molar-refractivity contribution is 6.30. The molecular formula is C9H11ClN2O. The van der Waals surface area contributed by atoms with Gasteiger partial charge in [0.05, 0.1) is 5.02 Å². The predicted octanol–water partition coefficient (Wildman–Crippen LogP) is 1.43. The van der Waals surface area contributed by atoms with E-state index in [1.807, 2.05) is 0 Å². The van der Waals surface area contributed by atoms with E-state index in [1.54, 1.807) is 18.3 Å². The topological polar surface area (TPSA) is 25.1 Å². The first-order chi connectivity index (χ1) is 6.34. The molecule has 13 heavy (non-hydrogen) atoms. The molecule has 1 fully saturated rings. The maximum absolute atomic E-state index is 5.68. The molecule has 1 aromatic rings. The minimum absolute atomic E-state index is 0.637. The van der Waals surface area contributed by atoms with Crippen molar-refractivity contribution in [3.05, 3.63) is 23.4 Å². The number of hydrogen-bond donors (Lipinski definition) is 0. The minimum atomic E-state index is 0.637. The number of pyridine rings is 1. The van der Waals surface area contributed by atoms with E-state index in [0.29, 0.717) is 17.5 Å². The molecule has 0 amide bonds. The van der Waals surface area contributed by atoms with Crippen molar-refractivity contribution < 1.29 is 4.74 Å². The second kappa shape index (κ2) is 3.94. The summed E-state index contributed by atoms with van der Waals surface area (Å²) in [5.41, 5.74) is 0. The molecule has 1 saturated heterocycles. The Hall–Kier alpha value is -0.800. The summed E-state index contributed by atoms with van der Waals surface area (Å²) in [6.07, 6.45) is 1.59. The van der Waals surface area contributed by atoms with Gasteiger partial charge in [0.15, 0.2) is 0 Å². The molecule has 1 aliphatic rings. The van der Waals surface area contributed by atoms with Crippen LogP contribution in [0.3, 0.4) is 0 Å². The first-order valence-corrected chi connectivity index (χ1v) is 4.69. The van der Waals surface area contributed by atoms with Crippen LogP contribution in [0.1, 0.15) is 0 Å². The summed E-state index contributed by atoms with van der Waals surface area (Å²) in [5.74, 6) is 0.645. The Morgan fingerprint density at radius 2 is 2.31 bits per heavy atom. The number of hydrogen-bond acceptors (Lipinski definition) is 3. The lowest BCUT2D eigenvalue weighted by atomic mass is 10.5. The van der Waals surface area contributed by atoms with Gasteiger partial charge in [0.25, 0.3) is 0 Å². The molecule has 2 rings (SSSR count). The van der Waals surface area contributed by atoms with Gasteiger partial charge in [0, 0.05) is 31.9 Å². The average molecular weight is 199 g/mol. The second-order valence-corrected chi connectivity index (χ2v) is 3.44. The Labute approximate surface area is 82.3 Å². The normalized spacial score (nSPS) is 15.8. The van der Waals surface area contributed by atoms with Crippen molar-refractivity contribution in [2.24, 2.45) is 0 Å². The highest BCUT2D eigenvalue weighted by Crippen LogP contribution is 2.11. The standard InChI is InChI=1S/C9H11ClN2O/c10-8-1-2-9(11-7-8)13-6-5-12-3-4-12/h1-2,7H,3-6H2. The highest BCUT2D eigenvalue weighted by Gasteiger charge is 2.15. The van der Waals surface area contributed by atoms with Gasteiger partial charge >= 0.3 is 0 Å². The molecule has 0 aliphatic carbocycles. The third kappa shape index (κ3) is 2.86. The lowest BCUT2D eigenvalue weighted by molar-refractivity contribution is 0.282. The van der Waals surface area contributed by atoms with Crippen molar-refractivity contribution in [2.75, 3.05) is 26.2 Å². The van der Waals surface area contributed by atoms with E-state index < -0.39 is 0 Å². The molecule has 0 saturated carbocycles. The first kappa shape index (κ1) is 8.78. The van der Waals surface area contributed by atoms with Gasteiger partial charge in [-0.2, -0.15) is 0 Å². The Kier molecular flexibility index (Phi) is 2.66. The van der Waals surface area contributed by atoms with Gasteiger partial charge in [0.1, 0.15) is 6.61 Å². The van der Waals surface area contributed by atoms with Gasteiger partial charge in [-0.05, 0) is 6.07 Å². The van der Waals surface area contributed by atoms with Crippen molar-refractivity contribution in [1.29, 1.82) is 0 Å². The first-order valence-electron chi connectivity index (χ1n) is 4.31. The summed E-state index contributed by atoms with van der Waals surface area (Å²) < 4.78 is 5.40. The van der Waals surface area contributed by atoms with Gasteiger partial charge in [-0.3, -0.25) is 4.90 Å². The predicted molar refractivity (Wildman–Crippen MR) is 51.2 cm³/mol. The fourth-order valence-electron chi connectivity index (χ4n) is 1.02. The molecule has 4 heteroatoms. The Bertz CT molecular complexity index is 271. The van der Waals surface area contributed by atoms with Crippen LogP contribution in [0.5, 0.6) is 5.88 Å².